The number of hydrogen-bond acceptors (Lipinski definition) is 13. The number of anilines is 1. The number of nitrogens with one attached hydrogen (secondary N) is 4. The standard InChI is InChI=1S/C33H47N7O14S/c41-25(37-23(31(50)34-16-28(44)45)19-55-20-27(43)35-21-4-2-1-3-5-21)8-6-22(32(51)52)36-26(42)9-7-24(33(53)54)40-14-12-38(17-29(46)47)10-11-39(13-15-40)18-30(48)49/h1-5,22-24H,6-20H2,(H,34,50)(H,35,43)(H,36,42)(H,37,41)(H,44,45)(H,46,47)(H,48,49)(H,51,52)(H,53,54)/t22-,23-,24?/m0/s1. The molecule has 55 heavy (non-hydrogen) atoms. The molecule has 0 saturated carbocycles. The van der Waals surface area contributed by atoms with E-state index >= 15 is 0 Å². The topological polar surface area (TPSA) is 313 Å². The molecule has 1 saturated heterocycles. The van der Waals surface area contributed by atoms with E-state index in [1.54, 1.807) is 40.1 Å². The zero-order valence-electron chi connectivity index (χ0n) is 29.9. The molecule has 1 aliphatic heterocycles. The van der Waals surface area contributed by atoms with Crippen molar-refractivity contribution in [2.24, 2.45) is 0 Å². The Balaban J connectivity index is 1.99. The van der Waals surface area contributed by atoms with E-state index in [-0.39, 0.29) is 70.3 Å². The largest absolute Gasteiger partial charge is 0.480 e. The number of rotatable bonds is 23. The second-order valence-corrected chi connectivity index (χ2v) is 13.5. The molecule has 0 bridgehead atoms. The number of para-hydroxylation sites is 1. The maximum atomic E-state index is 12.8. The van der Waals surface area contributed by atoms with Gasteiger partial charge in [0, 0.05) is 63.6 Å². The fourth-order valence-corrected chi connectivity index (χ4v) is 6.27. The fourth-order valence-electron chi connectivity index (χ4n) is 5.42. The SMILES string of the molecule is O=C(O)CNC(=O)[C@H](CSCC(=O)Nc1ccccc1)NC(=O)CC[C@H](NC(=O)CCC(C(=O)O)N1CCN(CC(=O)O)CCN(CC(=O)O)CC1)C(=O)O. The van der Waals surface area contributed by atoms with Crippen LogP contribution in [0.4, 0.5) is 5.69 Å². The Morgan fingerprint density at radius 2 is 1.16 bits per heavy atom. The van der Waals surface area contributed by atoms with Gasteiger partial charge in [-0.05, 0) is 25.0 Å². The zero-order chi connectivity index (χ0) is 40.9. The van der Waals surface area contributed by atoms with E-state index in [2.05, 4.69) is 21.3 Å². The first-order valence-electron chi connectivity index (χ1n) is 17.1. The summed E-state index contributed by atoms with van der Waals surface area (Å²) in [5, 5.41) is 56.7. The Morgan fingerprint density at radius 3 is 1.67 bits per heavy atom. The number of amides is 4. The lowest BCUT2D eigenvalue weighted by atomic mass is 10.1. The van der Waals surface area contributed by atoms with Gasteiger partial charge in [-0.15, -0.1) is 11.8 Å². The molecule has 1 aromatic rings. The highest BCUT2D eigenvalue weighted by Crippen LogP contribution is 2.13. The predicted octanol–water partition coefficient (Wildman–Crippen LogP) is -2.28. The van der Waals surface area contributed by atoms with Crippen LogP contribution in [0.1, 0.15) is 25.7 Å². The van der Waals surface area contributed by atoms with Crippen molar-refractivity contribution in [2.45, 2.75) is 43.8 Å². The van der Waals surface area contributed by atoms with Crippen LogP contribution < -0.4 is 21.3 Å². The maximum absolute atomic E-state index is 12.8. The number of hydrogen-bond donors (Lipinski definition) is 9. The van der Waals surface area contributed by atoms with Crippen molar-refractivity contribution in [3.63, 3.8) is 0 Å². The average Bonchev–Trinajstić information content (AvgIpc) is 3.19. The molecule has 1 fully saturated rings. The van der Waals surface area contributed by atoms with E-state index in [0.29, 0.717) is 5.69 Å². The van der Waals surface area contributed by atoms with E-state index < -0.39 is 97.4 Å². The quantitative estimate of drug-likeness (QED) is 0.0563. The number of carboxylic acids is 5. The van der Waals surface area contributed by atoms with Crippen molar-refractivity contribution < 1.29 is 68.7 Å². The first-order chi connectivity index (χ1) is 26.0. The lowest BCUT2D eigenvalue weighted by Gasteiger charge is -2.30. The number of nitrogens with zero attached hydrogens (tertiary/aromatic N) is 3. The third kappa shape index (κ3) is 19.0. The van der Waals surface area contributed by atoms with Crippen LogP contribution in [0.2, 0.25) is 0 Å². The minimum absolute atomic E-state index is 0.0916. The van der Waals surface area contributed by atoms with Crippen LogP contribution in [-0.2, 0) is 43.2 Å². The summed E-state index contributed by atoms with van der Waals surface area (Å²) in [6, 6.07) is 4.40. The molecular formula is C33H47N7O14S. The van der Waals surface area contributed by atoms with E-state index in [4.69, 9.17) is 5.11 Å². The molecule has 0 spiro atoms. The van der Waals surface area contributed by atoms with Gasteiger partial charge >= 0.3 is 29.8 Å². The fraction of sp³-hybridized carbons (Fsp3) is 0.545. The monoisotopic (exact) mass is 797 g/mol. The molecule has 0 aromatic heterocycles. The molecule has 4 amide bonds. The lowest BCUT2D eigenvalue weighted by molar-refractivity contribution is -0.145. The van der Waals surface area contributed by atoms with E-state index in [1.807, 2.05) is 0 Å². The highest BCUT2D eigenvalue weighted by atomic mass is 32.2. The number of thioether (sulfide) groups is 1. The van der Waals surface area contributed by atoms with Gasteiger partial charge in [0.25, 0.3) is 0 Å². The summed E-state index contributed by atoms with van der Waals surface area (Å²) in [5.74, 6) is -9.53. The molecule has 1 heterocycles. The Kier molecular flexibility index (Phi) is 20.1. The first kappa shape index (κ1) is 45.8. The van der Waals surface area contributed by atoms with Gasteiger partial charge in [0.1, 0.15) is 24.7 Å². The van der Waals surface area contributed by atoms with Crippen LogP contribution in [0, 0.1) is 0 Å². The number of carbonyl (C=O) groups excluding carboxylic acids is 4. The molecule has 21 nitrogen and oxygen atoms in total. The van der Waals surface area contributed by atoms with Gasteiger partial charge in [0.15, 0.2) is 0 Å². The first-order valence-corrected chi connectivity index (χ1v) is 18.3. The number of carbonyl (C=O) groups is 9. The van der Waals surface area contributed by atoms with Crippen LogP contribution in [0.5, 0.6) is 0 Å². The Hall–Kier alpha value is -5.32. The van der Waals surface area contributed by atoms with Gasteiger partial charge in [-0.25, -0.2) is 4.79 Å². The lowest BCUT2D eigenvalue weighted by Crippen LogP contribution is -2.50. The summed E-state index contributed by atoms with van der Waals surface area (Å²) in [6.45, 7) is -0.508. The third-order valence-electron chi connectivity index (χ3n) is 8.16. The van der Waals surface area contributed by atoms with Crippen molar-refractivity contribution in [3.8, 4) is 0 Å². The highest BCUT2D eigenvalue weighted by molar-refractivity contribution is 8.00. The molecule has 304 valence electrons. The van der Waals surface area contributed by atoms with Gasteiger partial charge < -0.3 is 46.8 Å². The molecule has 0 aliphatic carbocycles. The summed E-state index contributed by atoms with van der Waals surface area (Å²) in [4.78, 5) is 113. The Morgan fingerprint density at radius 1 is 0.636 bits per heavy atom. The van der Waals surface area contributed by atoms with Gasteiger partial charge in [0.2, 0.25) is 23.6 Å². The van der Waals surface area contributed by atoms with Crippen LogP contribution in [-0.4, -0.2) is 182 Å². The van der Waals surface area contributed by atoms with Crippen LogP contribution in [0.15, 0.2) is 30.3 Å². The second kappa shape index (κ2) is 24.2. The minimum atomic E-state index is -1.59. The van der Waals surface area contributed by atoms with Gasteiger partial charge in [-0.2, -0.15) is 0 Å². The van der Waals surface area contributed by atoms with Crippen molar-refractivity contribution in [1.29, 1.82) is 0 Å². The van der Waals surface area contributed by atoms with Crippen LogP contribution in [0.25, 0.3) is 0 Å². The molecular weight excluding hydrogens is 750 g/mol. The minimum Gasteiger partial charge on any atom is -0.480 e. The van der Waals surface area contributed by atoms with Crippen LogP contribution in [0.3, 0.4) is 0 Å². The molecule has 1 unspecified atom stereocenters. The summed E-state index contributed by atoms with van der Waals surface area (Å²) in [5.41, 5.74) is 0.541. The molecule has 2 rings (SSSR count). The molecule has 9 N–H and O–H groups in total. The third-order valence-corrected chi connectivity index (χ3v) is 9.20. The summed E-state index contributed by atoms with van der Waals surface area (Å²) in [6.07, 6.45) is -1.65. The summed E-state index contributed by atoms with van der Waals surface area (Å²) >= 11 is 0.976. The smallest absolute Gasteiger partial charge is 0.326 e. The van der Waals surface area contributed by atoms with Crippen molar-refractivity contribution >= 4 is 70.9 Å². The van der Waals surface area contributed by atoms with Crippen molar-refractivity contribution in [3.05, 3.63) is 30.3 Å². The Bertz CT molecular complexity index is 1490. The highest BCUT2D eigenvalue weighted by Gasteiger charge is 2.30. The molecule has 22 heteroatoms. The van der Waals surface area contributed by atoms with Gasteiger partial charge in [-0.3, -0.25) is 53.1 Å². The average molecular weight is 798 g/mol. The van der Waals surface area contributed by atoms with Crippen LogP contribution >= 0.6 is 11.8 Å². The molecule has 3 atom stereocenters. The second-order valence-electron chi connectivity index (χ2n) is 12.4. The van der Waals surface area contributed by atoms with E-state index in [9.17, 15) is 63.6 Å². The number of carboxylic acid groups (broad SMARTS) is 5. The summed E-state index contributed by atoms with van der Waals surface area (Å²) in [7, 11) is 0. The predicted molar refractivity (Wildman–Crippen MR) is 194 cm³/mol. The van der Waals surface area contributed by atoms with Crippen molar-refractivity contribution in [2.75, 3.05) is 75.7 Å². The van der Waals surface area contributed by atoms with Gasteiger partial charge in [-0.1, -0.05) is 18.2 Å². The number of benzene rings is 1. The van der Waals surface area contributed by atoms with E-state index in [1.165, 1.54) is 4.90 Å². The Labute approximate surface area is 319 Å². The zero-order valence-corrected chi connectivity index (χ0v) is 30.7. The normalized spacial score (nSPS) is 15.8. The maximum Gasteiger partial charge on any atom is 0.326 e. The van der Waals surface area contributed by atoms with Crippen molar-refractivity contribution in [1.82, 2.24) is 30.7 Å². The molecule has 0 radical (unpaired) electrons. The summed E-state index contributed by atoms with van der Waals surface area (Å²) < 4.78 is 0. The molecule has 1 aromatic carbocycles. The molecule has 1 aliphatic rings. The number of aliphatic carboxylic acids is 5. The van der Waals surface area contributed by atoms with Gasteiger partial charge in [0.05, 0.1) is 18.8 Å². The van der Waals surface area contributed by atoms with E-state index in [0.717, 1.165) is 11.8 Å².